The molecule has 16 heavy (non-hydrogen) atoms. The number of para-hydroxylation sites is 1. The molecule has 84 valence electrons. The second kappa shape index (κ2) is 4.99. The number of anilines is 1. The van der Waals surface area contributed by atoms with Gasteiger partial charge in [-0.2, -0.15) is 0 Å². The zero-order chi connectivity index (χ0) is 11.4. The predicted octanol–water partition coefficient (Wildman–Crippen LogP) is 3.21. The Balaban J connectivity index is 1.84. The van der Waals surface area contributed by atoms with E-state index < -0.39 is 0 Å². The van der Waals surface area contributed by atoms with Crippen molar-refractivity contribution >= 4 is 16.5 Å². The summed E-state index contributed by atoms with van der Waals surface area (Å²) in [5.41, 5.74) is 1.08. The molecule has 0 atom stereocenters. The fourth-order valence-corrected chi connectivity index (χ4v) is 2.04. The summed E-state index contributed by atoms with van der Waals surface area (Å²) in [5.74, 6) is 0.861. The summed E-state index contributed by atoms with van der Waals surface area (Å²) in [4.78, 5) is 5.61. The molecule has 0 radical (unpaired) electrons. The summed E-state index contributed by atoms with van der Waals surface area (Å²) in [6, 6.07) is 9.73. The van der Waals surface area contributed by atoms with Gasteiger partial charge in [-0.1, -0.05) is 18.2 Å². The Morgan fingerprint density at radius 1 is 1.25 bits per heavy atom. The van der Waals surface area contributed by atoms with Crippen LogP contribution in [0, 0.1) is 13.8 Å². The molecule has 1 aromatic carbocycles. The van der Waals surface area contributed by atoms with E-state index >= 15 is 0 Å². The normalized spacial score (nSPS) is 10.1. The molecule has 3 nitrogen and oxygen atoms in total. The first-order chi connectivity index (χ1) is 7.75. The number of thiazole rings is 1. The van der Waals surface area contributed by atoms with Crippen LogP contribution in [0.1, 0.15) is 10.6 Å². The van der Waals surface area contributed by atoms with Gasteiger partial charge in [-0.15, -0.1) is 11.3 Å². The highest BCUT2D eigenvalue weighted by atomic mass is 32.1. The van der Waals surface area contributed by atoms with Gasteiger partial charge in [0.25, 0.3) is 0 Å². The van der Waals surface area contributed by atoms with Crippen molar-refractivity contribution in [2.75, 3.05) is 12.0 Å². The minimum atomic E-state index is 0.441. The number of nitrogens with zero attached hydrogens (tertiary/aromatic N) is 1. The van der Waals surface area contributed by atoms with Crippen LogP contribution in [0.25, 0.3) is 0 Å². The third-order valence-corrected chi connectivity index (χ3v) is 3.26. The summed E-state index contributed by atoms with van der Waals surface area (Å²) in [6.45, 7) is 4.52. The quantitative estimate of drug-likeness (QED) is 0.825. The fourth-order valence-electron chi connectivity index (χ4n) is 1.25. The van der Waals surface area contributed by atoms with Crippen LogP contribution in [0.2, 0.25) is 0 Å². The largest absolute Gasteiger partial charge is 0.473 e. The first kappa shape index (κ1) is 11.0. The number of aryl methyl sites for hydroxylation is 2. The van der Waals surface area contributed by atoms with Gasteiger partial charge in [0.05, 0.1) is 5.69 Å². The van der Waals surface area contributed by atoms with E-state index in [1.807, 2.05) is 37.3 Å². The van der Waals surface area contributed by atoms with Gasteiger partial charge in [0, 0.05) is 4.88 Å². The van der Waals surface area contributed by atoms with Gasteiger partial charge in [0.1, 0.15) is 5.75 Å². The van der Waals surface area contributed by atoms with E-state index in [-0.39, 0.29) is 0 Å². The maximum atomic E-state index is 5.51. The van der Waals surface area contributed by atoms with E-state index in [0.29, 0.717) is 6.73 Å². The zero-order valence-corrected chi connectivity index (χ0v) is 10.2. The summed E-state index contributed by atoms with van der Waals surface area (Å²) in [7, 11) is 0. The highest BCUT2D eigenvalue weighted by Gasteiger charge is 2.02. The van der Waals surface area contributed by atoms with Crippen molar-refractivity contribution in [3.63, 3.8) is 0 Å². The molecule has 0 aliphatic heterocycles. The Morgan fingerprint density at radius 2 is 2.00 bits per heavy atom. The number of nitrogens with one attached hydrogen (secondary N) is 1. The highest BCUT2D eigenvalue weighted by molar-refractivity contribution is 7.15. The van der Waals surface area contributed by atoms with E-state index in [9.17, 15) is 0 Å². The number of hydrogen-bond donors (Lipinski definition) is 1. The van der Waals surface area contributed by atoms with Gasteiger partial charge in [-0.25, -0.2) is 4.98 Å². The van der Waals surface area contributed by atoms with Gasteiger partial charge in [-0.3, -0.25) is 0 Å². The summed E-state index contributed by atoms with van der Waals surface area (Å²) >= 11 is 1.65. The molecule has 0 aliphatic carbocycles. The standard InChI is InChI=1S/C12H14N2OS/c1-9-10(2)16-12(14-9)13-8-15-11-6-4-3-5-7-11/h3-7H,8H2,1-2H3,(H,13,14). The van der Waals surface area contributed by atoms with Crippen LogP contribution >= 0.6 is 11.3 Å². The van der Waals surface area contributed by atoms with Crippen molar-refractivity contribution in [3.05, 3.63) is 40.9 Å². The van der Waals surface area contributed by atoms with Crippen LogP contribution in [-0.2, 0) is 0 Å². The minimum absolute atomic E-state index is 0.441. The molecule has 0 amide bonds. The third kappa shape index (κ3) is 2.73. The summed E-state index contributed by atoms with van der Waals surface area (Å²) in [5, 5.41) is 4.05. The van der Waals surface area contributed by atoms with E-state index in [1.165, 1.54) is 4.88 Å². The van der Waals surface area contributed by atoms with Crippen molar-refractivity contribution in [2.24, 2.45) is 0 Å². The SMILES string of the molecule is Cc1nc(NCOc2ccccc2)sc1C. The van der Waals surface area contributed by atoms with Crippen LogP contribution in [0.5, 0.6) is 5.75 Å². The fraction of sp³-hybridized carbons (Fsp3) is 0.250. The second-order valence-corrected chi connectivity index (χ2v) is 4.64. The van der Waals surface area contributed by atoms with E-state index in [4.69, 9.17) is 4.74 Å². The van der Waals surface area contributed by atoms with Crippen LogP contribution in [0.4, 0.5) is 5.13 Å². The molecule has 4 heteroatoms. The first-order valence-corrected chi connectivity index (χ1v) is 5.93. The Morgan fingerprint density at radius 3 is 2.62 bits per heavy atom. The molecule has 2 aromatic rings. The van der Waals surface area contributed by atoms with Crippen molar-refractivity contribution in [1.82, 2.24) is 4.98 Å². The van der Waals surface area contributed by atoms with Crippen LogP contribution in [0.15, 0.2) is 30.3 Å². The Labute approximate surface area is 99.1 Å². The van der Waals surface area contributed by atoms with Crippen molar-refractivity contribution < 1.29 is 4.74 Å². The van der Waals surface area contributed by atoms with Gasteiger partial charge < -0.3 is 10.1 Å². The number of aromatic nitrogens is 1. The average molecular weight is 234 g/mol. The number of benzene rings is 1. The van der Waals surface area contributed by atoms with Gasteiger partial charge in [0.15, 0.2) is 11.9 Å². The van der Waals surface area contributed by atoms with E-state index in [2.05, 4.69) is 17.2 Å². The second-order valence-electron chi connectivity index (χ2n) is 3.44. The molecule has 0 saturated heterocycles. The zero-order valence-electron chi connectivity index (χ0n) is 9.36. The highest BCUT2D eigenvalue weighted by Crippen LogP contribution is 2.20. The van der Waals surface area contributed by atoms with Gasteiger partial charge >= 0.3 is 0 Å². The molecule has 0 spiro atoms. The van der Waals surface area contributed by atoms with Crippen molar-refractivity contribution in [1.29, 1.82) is 0 Å². The van der Waals surface area contributed by atoms with Crippen LogP contribution in [-0.4, -0.2) is 11.7 Å². The Hall–Kier alpha value is -1.55. The molecule has 0 fully saturated rings. The lowest BCUT2D eigenvalue weighted by Crippen LogP contribution is -2.08. The minimum Gasteiger partial charge on any atom is -0.473 e. The lowest BCUT2D eigenvalue weighted by Gasteiger charge is -2.05. The first-order valence-electron chi connectivity index (χ1n) is 5.11. The predicted molar refractivity (Wildman–Crippen MR) is 67.1 cm³/mol. The van der Waals surface area contributed by atoms with E-state index in [1.54, 1.807) is 11.3 Å². The van der Waals surface area contributed by atoms with Crippen LogP contribution in [0.3, 0.4) is 0 Å². The molecule has 0 aliphatic rings. The molecule has 1 N–H and O–H groups in total. The monoisotopic (exact) mass is 234 g/mol. The van der Waals surface area contributed by atoms with Gasteiger partial charge in [0.2, 0.25) is 0 Å². The Bertz CT molecular complexity index is 434. The van der Waals surface area contributed by atoms with Crippen molar-refractivity contribution in [2.45, 2.75) is 13.8 Å². The number of rotatable bonds is 4. The van der Waals surface area contributed by atoms with Crippen LogP contribution < -0.4 is 10.1 Å². The number of hydrogen-bond acceptors (Lipinski definition) is 4. The molecule has 0 unspecified atom stereocenters. The average Bonchev–Trinajstić information content (AvgIpc) is 2.60. The summed E-state index contributed by atoms with van der Waals surface area (Å²) < 4.78 is 5.51. The maximum absolute atomic E-state index is 5.51. The van der Waals surface area contributed by atoms with Gasteiger partial charge in [-0.05, 0) is 26.0 Å². The molecule has 2 rings (SSSR count). The topological polar surface area (TPSA) is 34.2 Å². The smallest absolute Gasteiger partial charge is 0.185 e. The molecule has 0 saturated carbocycles. The Kier molecular flexibility index (Phi) is 3.41. The lowest BCUT2D eigenvalue weighted by molar-refractivity contribution is 0.347. The summed E-state index contributed by atoms with van der Waals surface area (Å²) in [6.07, 6.45) is 0. The molecule has 1 aromatic heterocycles. The maximum Gasteiger partial charge on any atom is 0.185 e. The molecular formula is C12H14N2OS. The number of ether oxygens (including phenoxy) is 1. The molecule has 0 bridgehead atoms. The third-order valence-electron chi connectivity index (χ3n) is 2.23. The molecular weight excluding hydrogens is 220 g/mol. The molecule has 1 heterocycles. The van der Waals surface area contributed by atoms with E-state index in [0.717, 1.165) is 16.6 Å². The van der Waals surface area contributed by atoms with Crippen molar-refractivity contribution in [3.8, 4) is 5.75 Å². The lowest BCUT2D eigenvalue weighted by atomic mass is 10.3.